The molecule has 0 N–H and O–H groups in total. The van der Waals surface area contributed by atoms with E-state index >= 15 is 0 Å². The minimum absolute atomic E-state index is 0.253. The summed E-state index contributed by atoms with van der Waals surface area (Å²) in [6, 6.07) is 0. The molecule has 160 valence electrons. The fraction of sp³-hybridized carbons (Fsp3) is 0.619. The zero-order valence-corrected chi connectivity index (χ0v) is 17.6. The van der Waals surface area contributed by atoms with Crippen LogP contribution in [-0.2, 0) is 33.4 Å². The number of hydrogen-bond donors (Lipinski definition) is 0. The van der Waals surface area contributed by atoms with Gasteiger partial charge in [0.2, 0.25) is 11.4 Å². The third-order valence-corrected chi connectivity index (χ3v) is 5.36. The maximum absolute atomic E-state index is 12.9. The van der Waals surface area contributed by atoms with Crippen molar-refractivity contribution in [3.05, 3.63) is 23.3 Å². The lowest BCUT2D eigenvalue weighted by molar-refractivity contribution is -0.183. The normalized spacial score (nSPS) is 29.8. The van der Waals surface area contributed by atoms with E-state index in [1.807, 2.05) is 11.9 Å². The van der Waals surface area contributed by atoms with Crippen LogP contribution in [0.25, 0.3) is 0 Å². The molecule has 0 aromatic heterocycles. The summed E-state index contributed by atoms with van der Waals surface area (Å²) in [4.78, 5) is 52.1. The predicted molar refractivity (Wildman–Crippen MR) is 104 cm³/mol. The maximum atomic E-state index is 12.9. The summed E-state index contributed by atoms with van der Waals surface area (Å²) in [6.45, 7) is 6.86. The summed E-state index contributed by atoms with van der Waals surface area (Å²) in [6.07, 6.45) is 2.96. The first kappa shape index (κ1) is 22.8. The molecule has 0 radical (unpaired) electrons. The van der Waals surface area contributed by atoms with E-state index in [1.165, 1.54) is 13.8 Å². The van der Waals surface area contributed by atoms with Crippen LogP contribution in [0.4, 0.5) is 0 Å². The molecule has 2 heterocycles. The molecule has 2 aliphatic heterocycles. The Bertz CT molecular complexity index is 754. The molecule has 0 saturated carbocycles. The van der Waals surface area contributed by atoms with Gasteiger partial charge in [0.05, 0.1) is 0 Å². The molecule has 0 saturated heterocycles. The zero-order valence-electron chi connectivity index (χ0n) is 17.6. The molecule has 8 heteroatoms. The highest BCUT2D eigenvalue weighted by Gasteiger charge is 2.44. The predicted octanol–water partition coefficient (Wildman–Crippen LogP) is 1.58. The Kier molecular flexibility index (Phi) is 7.35. The monoisotopic (exact) mass is 407 g/mol. The fourth-order valence-electron chi connectivity index (χ4n) is 3.28. The van der Waals surface area contributed by atoms with Crippen LogP contribution in [0.1, 0.15) is 40.5 Å². The first-order valence-corrected chi connectivity index (χ1v) is 9.78. The molecule has 2 aliphatic rings. The summed E-state index contributed by atoms with van der Waals surface area (Å²) < 4.78 is 16.2. The number of ketones is 1. The number of cyclic esters (lactones) is 1. The highest BCUT2D eigenvalue weighted by Crippen LogP contribution is 2.28. The number of likely N-dealkylation sites (N-methyl/N-ethyl adjacent to an activating group) is 1. The summed E-state index contributed by atoms with van der Waals surface area (Å²) in [7, 11) is 1.88. The number of rotatable bonds is 2. The average molecular weight is 407 g/mol. The minimum Gasteiger partial charge on any atom is -0.458 e. The van der Waals surface area contributed by atoms with Crippen molar-refractivity contribution in [2.45, 2.75) is 52.2 Å². The highest BCUT2D eigenvalue weighted by molar-refractivity contribution is 6.01. The van der Waals surface area contributed by atoms with E-state index in [1.54, 1.807) is 26.0 Å². The van der Waals surface area contributed by atoms with Gasteiger partial charge in [-0.15, -0.1) is 0 Å². The first-order valence-electron chi connectivity index (χ1n) is 9.78. The lowest BCUT2D eigenvalue weighted by atomic mass is 9.88. The van der Waals surface area contributed by atoms with Crippen LogP contribution in [-0.4, -0.2) is 67.0 Å². The molecule has 0 aromatic rings. The van der Waals surface area contributed by atoms with E-state index in [0.717, 1.165) is 0 Å². The Morgan fingerprint density at radius 2 is 2.03 bits per heavy atom. The van der Waals surface area contributed by atoms with Gasteiger partial charge in [-0.2, -0.15) is 0 Å². The smallest absolute Gasteiger partial charge is 0.351 e. The van der Waals surface area contributed by atoms with Gasteiger partial charge in [0.25, 0.3) is 0 Å². The zero-order chi connectivity index (χ0) is 21.8. The molecule has 0 aromatic carbocycles. The van der Waals surface area contributed by atoms with Crippen molar-refractivity contribution in [2.75, 3.05) is 26.7 Å². The molecular formula is C21H29NO7. The number of Topliss-reactive ketones (excluding diaryl/α,β-unsaturated/α-hetero) is 1. The van der Waals surface area contributed by atoms with Crippen LogP contribution in [0, 0.1) is 5.92 Å². The number of hydrogen-bond acceptors (Lipinski definition) is 8. The molecule has 0 spiro atoms. The molecule has 2 bridgehead atoms. The van der Waals surface area contributed by atoms with Gasteiger partial charge < -0.3 is 19.1 Å². The standard InChI is InChI=1S/C21H29NO7/c1-6-15-11-13(2)21(4,29-14(3)23)20(26)27-12-16-7-9-22(5)10-8-17(18(16)24)28-19(15)25/h7,11,13,17H,6,8-10,12H2,1-5H3/t13-,17-,21+/m1/s1. The van der Waals surface area contributed by atoms with Crippen molar-refractivity contribution in [2.24, 2.45) is 5.92 Å². The van der Waals surface area contributed by atoms with Gasteiger partial charge in [-0.1, -0.05) is 26.0 Å². The molecule has 3 atom stereocenters. The molecule has 2 rings (SSSR count). The van der Waals surface area contributed by atoms with Crippen LogP contribution in [0.15, 0.2) is 23.3 Å². The fourth-order valence-corrected chi connectivity index (χ4v) is 3.28. The number of fused-ring (bicyclic) bond motifs is 2. The molecule has 0 unspecified atom stereocenters. The molecule has 29 heavy (non-hydrogen) atoms. The Morgan fingerprint density at radius 1 is 1.34 bits per heavy atom. The lowest BCUT2D eigenvalue weighted by Gasteiger charge is -2.32. The third kappa shape index (κ3) is 5.32. The summed E-state index contributed by atoms with van der Waals surface area (Å²) in [5.41, 5.74) is -1.09. The average Bonchev–Trinajstić information content (AvgIpc) is 2.65. The Balaban J connectivity index is 2.52. The second kappa shape index (κ2) is 9.35. The lowest BCUT2D eigenvalue weighted by Crippen LogP contribution is -2.47. The summed E-state index contributed by atoms with van der Waals surface area (Å²) >= 11 is 0. The van der Waals surface area contributed by atoms with Crippen LogP contribution in [0.2, 0.25) is 0 Å². The van der Waals surface area contributed by atoms with E-state index in [4.69, 9.17) is 14.2 Å². The van der Waals surface area contributed by atoms with Gasteiger partial charge in [0, 0.05) is 43.5 Å². The molecule has 8 nitrogen and oxygen atoms in total. The number of nitrogens with zero attached hydrogens (tertiary/aromatic N) is 1. The second-order valence-electron chi connectivity index (χ2n) is 7.65. The van der Waals surface area contributed by atoms with Gasteiger partial charge in [0.15, 0.2) is 6.10 Å². The Hall–Kier alpha value is -2.48. The highest BCUT2D eigenvalue weighted by atomic mass is 16.6. The van der Waals surface area contributed by atoms with Gasteiger partial charge in [-0.05, 0) is 20.4 Å². The van der Waals surface area contributed by atoms with E-state index in [2.05, 4.69) is 0 Å². The number of carbonyl (C=O) groups excluding carboxylic acids is 4. The van der Waals surface area contributed by atoms with Crippen molar-refractivity contribution < 1.29 is 33.4 Å². The van der Waals surface area contributed by atoms with Gasteiger partial charge >= 0.3 is 17.9 Å². The first-order chi connectivity index (χ1) is 13.6. The third-order valence-electron chi connectivity index (χ3n) is 5.36. The summed E-state index contributed by atoms with van der Waals surface area (Å²) in [5, 5.41) is 0. The summed E-state index contributed by atoms with van der Waals surface area (Å²) in [5.74, 6) is -3.07. The molecule has 0 amide bonds. The molecular weight excluding hydrogens is 378 g/mol. The van der Waals surface area contributed by atoms with Crippen LogP contribution < -0.4 is 0 Å². The van der Waals surface area contributed by atoms with Gasteiger partial charge in [-0.3, -0.25) is 9.59 Å². The number of carbonyl (C=O) groups is 4. The van der Waals surface area contributed by atoms with E-state index in [0.29, 0.717) is 31.5 Å². The van der Waals surface area contributed by atoms with E-state index in [-0.39, 0.29) is 18.0 Å². The molecule has 0 fully saturated rings. The van der Waals surface area contributed by atoms with Crippen molar-refractivity contribution >= 4 is 23.7 Å². The quantitative estimate of drug-likeness (QED) is 0.503. The topological polar surface area (TPSA) is 99.2 Å². The molecule has 0 aliphatic carbocycles. The van der Waals surface area contributed by atoms with Gasteiger partial charge in [0.1, 0.15) is 6.61 Å². The van der Waals surface area contributed by atoms with Crippen LogP contribution in [0.5, 0.6) is 0 Å². The van der Waals surface area contributed by atoms with Crippen molar-refractivity contribution in [1.82, 2.24) is 4.90 Å². The van der Waals surface area contributed by atoms with E-state index < -0.39 is 35.5 Å². The number of esters is 3. The van der Waals surface area contributed by atoms with Crippen molar-refractivity contribution in [3.63, 3.8) is 0 Å². The van der Waals surface area contributed by atoms with Gasteiger partial charge in [-0.25, -0.2) is 9.59 Å². The SMILES string of the molecule is CCC1=C[C@@H](C)[C@](C)(OC(C)=O)C(=O)OCC2=CCN(C)CC[C@@H](OC1=O)C2=O. The van der Waals surface area contributed by atoms with Crippen LogP contribution in [0.3, 0.4) is 0 Å². The second-order valence-corrected chi connectivity index (χ2v) is 7.65. The minimum atomic E-state index is -1.65. The Morgan fingerprint density at radius 3 is 2.66 bits per heavy atom. The van der Waals surface area contributed by atoms with Crippen LogP contribution >= 0.6 is 0 Å². The maximum Gasteiger partial charge on any atom is 0.351 e. The largest absolute Gasteiger partial charge is 0.458 e. The van der Waals surface area contributed by atoms with E-state index in [9.17, 15) is 19.2 Å². The van der Waals surface area contributed by atoms with Crippen molar-refractivity contribution in [3.8, 4) is 0 Å². The number of ether oxygens (including phenoxy) is 3. The Labute approximate surface area is 170 Å². The van der Waals surface area contributed by atoms with Crippen molar-refractivity contribution in [1.29, 1.82) is 0 Å².